The van der Waals surface area contributed by atoms with Gasteiger partial charge in [0.05, 0.1) is 0 Å². The average Bonchev–Trinajstić information content (AvgIpc) is 2.04. The summed E-state index contributed by atoms with van der Waals surface area (Å²) in [6.45, 7) is 0. The van der Waals surface area contributed by atoms with E-state index in [-0.39, 0.29) is 5.69 Å². The molecule has 0 spiro atoms. The monoisotopic (exact) mass is 170 g/mol. The topological polar surface area (TPSA) is 76.2 Å². The summed E-state index contributed by atoms with van der Waals surface area (Å²) in [6.07, 6.45) is 1.29. The number of aromatic nitrogens is 1. The van der Waals surface area contributed by atoms with E-state index in [0.717, 1.165) is 6.07 Å². The number of carboxylic acids is 1. The fourth-order valence-corrected chi connectivity index (χ4v) is 0.744. The van der Waals surface area contributed by atoms with Gasteiger partial charge in [0.25, 0.3) is 0 Å². The Morgan fingerprint density at radius 2 is 2.42 bits per heavy atom. The number of hydrogen-bond donors (Lipinski definition) is 2. The molecule has 5 heteroatoms. The lowest BCUT2D eigenvalue weighted by Gasteiger charge is -2.05. The molecule has 0 saturated carbocycles. The number of halogens is 1. The molecule has 0 aliphatic rings. The second kappa shape index (κ2) is 3.27. The molecule has 1 heterocycles. The first kappa shape index (κ1) is 8.61. The lowest BCUT2D eigenvalue weighted by molar-refractivity contribution is -0.138. The predicted octanol–water partition coefficient (Wildman–Crippen LogP) is 0.305. The molecule has 0 fully saturated rings. The highest BCUT2D eigenvalue weighted by molar-refractivity contribution is 5.74. The van der Waals surface area contributed by atoms with E-state index in [9.17, 15) is 9.18 Å². The van der Waals surface area contributed by atoms with Crippen LogP contribution in [0.1, 0.15) is 11.7 Å². The summed E-state index contributed by atoms with van der Waals surface area (Å²) in [5, 5.41) is 8.43. The van der Waals surface area contributed by atoms with Gasteiger partial charge in [-0.3, -0.25) is 9.78 Å². The predicted molar refractivity (Wildman–Crippen MR) is 38.8 cm³/mol. The molecule has 3 N–H and O–H groups in total. The van der Waals surface area contributed by atoms with Crippen molar-refractivity contribution in [3.05, 3.63) is 29.8 Å². The molecule has 0 saturated heterocycles. The van der Waals surface area contributed by atoms with Gasteiger partial charge in [-0.05, 0) is 12.1 Å². The lowest BCUT2D eigenvalue weighted by Crippen LogP contribution is -2.22. The summed E-state index contributed by atoms with van der Waals surface area (Å²) < 4.78 is 12.8. The lowest BCUT2D eigenvalue weighted by atomic mass is 10.2. The van der Waals surface area contributed by atoms with Crippen LogP contribution in [0, 0.1) is 5.82 Å². The molecule has 0 amide bonds. The van der Waals surface area contributed by atoms with Crippen molar-refractivity contribution >= 4 is 5.97 Å². The molecule has 1 aromatic heterocycles. The molecule has 0 aromatic carbocycles. The van der Waals surface area contributed by atoms with Gasteiger partial charge in [-0.2, -0.15) is 0 Å². The number of aliphatic carboxylic acids is 1. The van der Waals surface area contributed by atoms with Crippen molar-refractivity contribution in [2.75, 3.05) is 0 Å². The molecule has 1 atom stereocenters. The number of rotatable bonds is 2. The van der Waals surface area contributed by atoms with Gasteiger partial charge in [0.2, 0.25) is 0 Å². The quantitative estimate of drug-likeness (QED) is 0.669. The maximum Gasteiger partial charge on any atom is 0.326 e. The summed E-state index contributed by atoms with van der Waals surface area (Å²) in [6, 6.07) is 1.09. The molecule has 0 aliphatic heterocycles. The highest BCUT2D eigenvalue weighted by Gasteiger charge is 2.18. The van der Waals surface area contributed by atoms with E-state index in [2.05, 4.69) is 4.98 Å². The smallest absolute Gasteiger partial charge is 0.326 e. The zero-order chi connectivity index (χ0) is 9.14. The van der Waals surface area contributed by atoms with Crippen molar-refractivity contribution < 1.29 is 14.3 Å². The molecule has 0 aliphatic carbocycles. The summed E-state index contributed by atoms with van der Waals surface area (Å²) in [4.78, 5) is 13.8. The van der Waals surface area contributed by atoms with Crippen LogP contribution < -0.4 is 5.73 Å². The molecule has 0 radical (unpaired) electrons. The molecule has 12 heavy (non-hydrogen) atoms. The fourth-order valence-electron chi connectivity index (χ4n) is 0.744. The minimum Gasteiger partial charge on any atom is -0.480 e. The van der Waals surface area contributed by atoms with Crippen LogP contribution >= 0.6 is 0 Å². The van der Waals surface area contributed by atoms with Crippen molar-refractivity contribution in [2.24, 2.45) is 5.73 Å². The van der Waals surface area contributed by atoms with Crippen LogP contribution in [-0.4, -0.2) is 16.1 Å². The standard InChI is InChI=1S/C7H7FN2O2/c8-4-2-1-3-10-6(4)5(9)7(11)12/h1-3,5H,9H2,(H,11,12). The van der Waals surface area contributed by atoms with E-state index in [4.69, 9.17) is 10.8 Å². The van der Waals surface area contributed by atoms with Gasteiger partial charge in [-0.1, -0.05) is 0 Å². The van der Waals surface area contributed by atoms with E-state index in [1.807, 2.05) is 0 Å². The van der Waals surface area contributed by atoms with E-state index >= 15 is 0 Å². The molecular formula is C7H7FN2O2. The summed E-state index contributed by atoms with van der Waals surface area (Å²) in [5.41, 5.74) is 4.89. The van der Waals surface area contributed by atoms with E-state index in [1.165, 1.54) is 12.3 Å². The third-order valence-corrected chi connectivity index (χ3v) is 1.35. The Kier molecular flexibility index (Phi) is 2.35. The van der Waals surface area contributed by atoms with Gasteiger partial charge in [-0.25, -0.2) is 4.39 Å². The first-order valence-electron chi connectivity index (χ1n) is 3.21. The third kappa shape index (κ3) is 1.57. The molecular weight excluding hydrogens is 163 g/mol. The first-order valence-corrected chi connectivity index (χ1v) is 3.21. The molecule has 64 valence electrons. The third-order valence-electron chi connectivity index (χ3n) is 1.35. The number of carboxylic acid groups (broad SMARTS) is 1. The van der Waals surface area contributed by atoms with Gasteiger partial charge in [-0.15, -0.1) is 0 Å². The van der Waals surface area contributed by atoms with Crippen molar-refractivity contribution in [3.8, 4) is 0 Å². The minimum absolute atomic E-state index is 0.245. The van der Waals surface area contributed by atoms with Gasteiger partial charge in [0.15, 0.2) is 0 Å². The highest BCUT2D eigenvalue weighted by atomic mass is 19.1. The van der Waals surface area contributed by atoms with Gasteiger partial charge >= 0.3 is 5.97 Å². The van der Waals surface area contributed by atoms with Crippen molar-refractivity contribution in [1.82, 2.24) is 4.98 Å². The van der Waals surface area contributed by atoms with Crippen molar-refractivity contribution in [3.63, 3.8) is 0 Å². The Labute approximate surface area is 67.8 Å². The van der Waals surface area contributed by atoms with Crippen molar-refractivity contribution in [2.45, 2.75) is 6.04 Å². The molecule has 1 rings (SSSR count). The molecule has 0 bridgehead atoms. The average molecular weight is 170 g/mol. The minimum atomic E-state index is -1.40. The van der Waals surface area contributed by atoms with Crippen LogP contribution in [-0.2, 0) is 4.79 Å². The normalized spacial score (nSPS) is 12.5. The second-order valence-corrected chi connectivity index (χ2v) is 2.19. The van der Waals surface area contributed by atoms with E-state index in [0.29, 0.717) is 0 Å². The summed E-state index contributed by atoms with van der Waals surface area (Å²) >= 11 is 0. The second-order valence-electron chi connectivity index (χ2n) is 2.19. The Hall–Kier alpha value is -1.49. The zero-order valence-corrected chi connectivity index (χ0v) is 6.07. The highest BCUT2D eigenvalue weighted by Crippen LogP contribution is 2.10. The van der Waals surface area contributed by atoms with E-state index in [1.54, 1.807) is 0 Å². The van der Waals surface area contributed by atoms with Crippen LogP contribution in [0.2, 0.25) is 0 Å². The zero-order valence-electron chi connectivity index (χ0n) is 6.07. The van der Waals surface area contributed by atoms with Gasteiger partial charge < -0.3 is 10.8 Å². The molecule has 4 nitrogen and oxygen atoms in total. The Balaban J connectivity index is 3.02. The van der Waals surface area contributed by atoms with Crippen LogP contribution in [0.5, 0.6) is 0 Å². The maximum absolute atomic E-state index is 12.8. The van der Waals surface area contributed by atoms with Crippen molar-refractivity contribution in [1.29, 1.82) is 0 Å². The number of carbonyl (C=O) groups is 1. The number of pyridine rings is 1. The Morgan fingerprint density at radius 1 is 1.75 bits per heavy atom. The first-order chi connectivity index (χ1) is 5.63. The SMILES string of the molecule is NC(C(=O)O)c1ncccc1F. The summed E-state index contributed by atoms with van der Waals surface area (Å²) in [7, 11) is 0. The maximum atomic E-state index is 12.8. The van der Waals surface area contributed by atoms with Crippen LogP contribution in [0.15, 0.2) is 18.3 Å². The molecule has 1 aromatic rings. The number of hydrogen-bond acceptors (Lipinski definition) is 3. The Bertz CT molecular complexity index is 303. The van der Waals surface area contributed by atoms with E-state index < -0.39 is 17.8 Å². The van der Waals surface area contributed by atoms with Crippen LogP contribution in [0.25, 0.3) is 0 Å². The summed E-state index contributed by atoms with van der Waals surface area (Å²) in [5.74, 6) is -2.00. The number of nitrogens with two attached hydrogens (primary N) is 1. The number of nitrogens with zero attached hydrogens (tertiary/aromatic N) is 1. The largest absolute Gasteiger partial charge is 0.480 e. The van der Waals surface area contributed by atoms with Gasteiger partial charge in [0, 0.05) is 6.20 Å². The molecule has 1 unspecified atom stereocenters. The van der Waals surface area contributed by atoms with Gasteiger partial charge in [0.1, 0.15) is 17.6 Å². The Morgan fingerprint density at radius 3 is 2.92 bits per heavy atom. The fraction of sp³-hybridized carbons (Fsp3) is 0.143. The van der Waals surface area contributed by atoms with Crippen LogP contribution in [0.3, 0.4) is 0 Å². The van der Waals surface area contributed by atoms with Crippen LogP contribution in [0.4, 0.5) is 4.39 Å².